The molecule has 2 aromatic rings. The van der Waals surface area contributed by atoms with Crippen molar-refractivity contribution in [3.63, 3.8) is 0 Å². The molecule has 0 bridgehead atoms. The number of fused-ring (bicyclic) bond motifs is 1. The van der Waals surface area contributed by atoms with Gasteiger partial charge >= 0.3 is 0 Å². The van der Waals surface area contributed by atoms with E-state index in [-0.39, 0.29) is 0 Å². The van der Waals surface area contributed by atoms with Gasteiger partial charge in [-0.1, -0.05) is 30.4 Å². The molecule has 0 amide bonds. The molecule has 0 spiro atoms. The standard InChI is InChI=1S/C13H13NO/c1-3-6-10-11-7-4-5-8-12(11)15-13(10)9-14-2/h3-9H,1-2H3/b6-3-,14-9?. The molecule has 0 unspecified atom stereocenters. The SMILES string of the molecule is C/C=C\c1c(C=NC)oc2ccccc12. The van der Waals surface area contributed by atoms with E-state index < -0.39 is 0 Å². The van der Waals surface area contributed by atoms with Gasteiger partial charge in [-0.25, -0.2) is 0 Å². The molecule has 0 atom stereocenters. The first kappa shape index (κ1) is 9.71. The normalized spacial score (nSPS) is 12.1. The number of furan rings is 1. The molecule has 0 radical (unpaired) electrons. The summed E-state index contributed by atoms with van der Waals surface area (Å²) in [5.41, 5.74) is 2.00. The molecule has 76 valence electrons. The number of para-hydroxylation sites is 1. The lowest BCUT2D eigenvalue weighted by molar-refractivity contribution is 0.607. The summed E-state index contributed by atoms with van der Waals surface area (Å²) in [4.78, 5) is 3.99. The van der Waals surface area contributed by atoms with Crippen LogP contribution in [0.2, 0.25) is 0 Å². The number of hydrogen-bond acceptors (Lipinski definition) is 2. The summed E-state index contributed by atoms with van der Waals surface area (Å²) < 4.78 is 5.69. The van der Waals surface area contributed by atoms with Crippen molar-refractivity contribution < 1.29 is 4.42 Å². The third-order valence-electron chi connectivity index (χ3n) is 2.24. The lowest BCUT2D eigenvalue weighted by Crippen LogP contribution is -1.79. The van der Waals surface area contributed by atoms with Crippen LogP contribution >= 0.6 is 0 Å². The zero-order chi connectivity index (χ0) is 10.7. The van der Waals surface area contributed by atoms with Crippen molar-refractivity contribution in [2.45, 2.75) is 6.92 Å². The van der Waals surface area contributed by atoms with Crippen LogP contribution in [0.3, 0.4) is 0 Å². The smallest absolute Gasteiger partial charge is 0.153 e. The molecule has 0 saturated carbocycles. The lowest BCUT2D eigenvalue weighted by Gasteiger charge is -1.89. The summed E-state index contributed by atoms with van der Waals surface area (Å²) in [7, 11) is 1.74. The topological polar surface area (TPSA) is 25.5 Å². The van der Waals surface area contributed by atoms with Gasteiger partial charge in [0.1, 0.15) is 5.58 Å². The zero-order valence-electron chi connectivity index (χ0n) is 8.90. The Morgan fingerprint density at radius 2 is 2.07 bits per heavy atom. The Morgan fingerprint density at radius 3 is 2.80 bits per heavy atom. The second kappa shape index (κ2) is 4.13. The molecule has 0 aliphatic rings. The first-order chi connectivity index (χ1) is 7.36. The summed E-state index contributed by atoms with van der Waals surface area (Å²) in [5, 5.41) is 1.13. The molecule has 15 heavy (non-hydrogen) atoms. The maximum atomic E-state index is 5.69. The van der Waals surface area contributed by atoms with Crippen molar-refractivity contribution >= 4 is 23.3 Å². The molecule has 2 heteroatoms. The van der Waals surface area contributed by atoms with E-state index in [2.05, 4.69) is 11.1 Å². The third-order valence-corrected chi connectivity index (χ3v) is 2.24. The molecule has 1 heterocycles. The van der Waals surface area contributed by atoms with Crippen molar-refractivity contribution in [2.24, 2.45) is 4.99 Å². The quantitative estimate of drug-likeness (QED) is 0.679. The second-order valence-corrected chi connectivity index (χ2v) is 3.26. The Morgan fingerprint density at radius 1 is 1.27 bits per heavy atom. The Hall–Kier alpha value is -1.83. The van der Waals surface area contributed by atoms with Crippen LogP contribution in [0.25, 0.3) is 17.0 Å². The van der Waals surface area contributed by atoms with Crippen LogP contribution in [-0.2, 0) is 0 Å². The Labute approximate surface area is 88.9 Å². The van der Waals surface area contributed by atoms with Gasteiger partial charge in [0.2, 0.25) is 0 Å². The number of nitrogens with zero attached hydrogens (tertiary/aromatic N) is 1. The van der Waals surface area contributed by atoms with E-state index in [0.717, 1.165) is 22.3 Å². The molecule has 2 rings (SSSR count). The van der Waals surface area contributed by atoms with Gasteiger partial charge in [0.05, 0.1) is 6.21 Å². The number of hydrogen-bond donors (Lipinski definition) is 0. The Kier molecular flexibility index (Phi) is 2.68. The van der Waals surface area contributed by atoms with Gasteiger partial charge in [0, 0.05) is 18.0 Å². The van der Waals surface area contributed by atoms with E-state index >= 15 is 0 Å². The van der Waals surface area contributed by atoms with Crippen LogP contribution in [-0.4, -0.2) is 13.3 Å². The van der Waals surface area contributed by atoms with Gasteiger partial charge in [0.25, 0.3) is 0 Å². The van der Waals surface area contributed by atoms with Crippen molar-refractivity contribution in [3.8, 4) is 0 Å². The molecule has 2 nitrogen and oxygen atoms in total. The van der Waals surface area contributed by atoms with Crippen LogP contribution in [0.5, 0.6) is 0 Å². The molecule has 1 aromatic carbocycles. The van der Waals surface area contributed by atoms with Crippen LogP contribution < -0.4 is 0 Å². The molecule has 0 fully saturated rings. The van der Waals surface area contributed by atoms with Crippen molar-refractivity contribution in [2.75, 3.05) is 7.05 Å². The Bertz CT molecular complexity index is 520. The van der Waals surface area contributed by atoms with E-state index in [1.807, 2.05) is 37.3 Å². The van der Waals surface area contributed by atoms with E-state index in [1.165, 1.54) is 0 Å². The fourth-order valence-electron chi connectivity index (χ4n) is 1.64. The number of rotatable bonds is 2. The van der Waals surface area contributed by atoms with Gasteiger partial charge in [-0.3, -0.25) is 4.99 Å². The average Bonchev–Trinajstić information content (AvgIpc) is 2.59. The number of aliphatic imine (C=N–C) groups is 1. The van der Waals surface area contributed by atoms with Gasteiger partial charge in [-0.15, -0.1) is 0 Å². The summed E-state index contributed by atoms with van der Waals surface area (Å²) in [6, 6.07) is 8.01. The highest BCUT2D eigenvalue weighted by molar-refractivity contribution is 5.96. The van der Waals surface area contributed by atoms with Crippen LogP contribution in [0.1, 0.15) is 18.2 Å². The summed E-state index contributed by atoms with van der Waals surface area (Å²) >= 11 is 0. The minimum Gasteiger partial charge on any atom is -0.454 e. The van der Waals surface area contributed by atoms with Crippen molar-refractivity contribution in [1.82, 2.24) is 0 Å². The van der Waals surface area contributed by atoms with Crippen molar-refractivity contribution in [1.29, 1.82) is 0 Å². The summed E-state index contributed by atoms with van der Waals surface area (Å²) in [6.45, 7) is 1.99. The maximum absolute atomic E-state index is 5.69. The maximum Gasteiger partial charge on any atom is 0.153 e. The van der Waals surface area contributed by atoms with E-state index in [9.17, 15) is 0 Å². The minimum atomic E-state index is 0.816. The highest BCUT2D eigenvalue weighted by Crippen LogP contribution is 2.25. The van der Waals surface area contributed by atoms with Crippen LogP contribution in [0, 0.1) is 0 Å². The second-order valence-electron chi connectivity index (χ2n) is 3.26. The summed E-state index contributed by atoms with van der Waals surface area (Å²) in [5.74, 6) is 0.816. The molecule has 0 aliphatic heterocycles. The fourth-order valence-corrected chi connectivity index (χ4v) is 1.64. The van der Waals surface area contributed by atoms with E-state index in [4.69, 9.17) is 4.42 Å². The third kappa shape index (κ3) is 1.71. The minimum absolute atomic E-state index is 0.816. The van der Waals surface area contributed by atoms with Gasteiger partial charge in [0.15, 0.2) is 5.76 Å². The first-order valence-corrected chi connectivity index (χ1v) is 4.93. The molecular weight excluding hydrogens is 186 g/mol. The zero-order valence-corrected chi connectivity index (χ0v) is 8.90. The largest absolute Gasteiger partial charge is 0.454 e. The van der Waals surface area contributed by atoms with Gasteiger partial charge in [-0.05, 0) is 13.0 Å². The van der Waals surface area contributed by atoms with Crippen molar-refractivity contribution in [3.05, 3.63) is 41.7 Å². The lowest BCUT2D eigenvalue weighted by atomic mass is 10.1. The van der Waals surface area contributed by atoms with E-state index in [1.54, 1.807) is 13.3 Å². The first-order valence-electron chi connectivity index (χ1n) is 4.93. The predicted octanol–water partition coefficient (Wildman–Crippen LogP) is 3.51. The molecule has 1 aromatic heterocycles. The molecule has 0 aliphatic carbocycles. The average molecular weight is 199 g/mol. The van der Waals surface area contributed by atoms with Gasteiger partial charge in [-0.2, -0.15) is 0 Å². The Balaban J connectivity index is 2.74. The molecule has 0 saturated heterocycles. The monoisotopic (exact) mass is 199 g/mol. The van der Waals surface area contributed by atoms with Crippen LogP contribution in [0.15, 0.2) is 39.8 Å². The number of allylic oxidation sites excluding steroid dienone is 1. The highest BCUT2D eigenvalue weighted by atomic mass is 16.3. The molecule has 0 N–H and O–H groups in total. The predicted molar refractivity (Wildman–Crippen MR) is 64.4 cm³/mol. The highest BCUT2D eigenvalue weighted by Gasteiger charge is 2.08. The van der Waals surface area contributed by atoms with Gasteiger partial charge < -0.3 is 4.42 Å². The van der Waals surface area contributed by atoms with Crippen LogP contribution in [0.4, 0.5) is 0 Å². The fraction of sp³-hybridized carbons (Fsp3) is 0.154. The summed E-state index contributed by atoms with van der Waals surface area (Å²) in [6.07, 6.45) is 5.79. The number of benzene rings is 1. The molecular formula is C13H13NO. The van der Waals surface area contributed by atoms with E-state index in [0.29, 0.717) is 0 Å².